The number of aromatic nitrogens is 3. The zero-order valence-corrected chi connectivity index (χ0v) is 11.8. The SMILES string of the molecule is CCCCCNc1nccc(NCc2ccncc2)n1. The molecule has 0 unspecified atom stereocenters. The van der Waals surface area contributed by atoms with Gasteiger partial charge in [-0.05, 0) is 30.2 Å². The van der Waals surface area contributed by atoms with E-state index in [1.165, 1.54) is 18.4 Å². The zero-order valence-electron chi connectivity index (χ0n) is 11.8. The molecule has 0 radical (unpaired) electrons. The molecule has 2 N–H and O–H groups in total. The van der Waals surface area contributed by atoms with Gasteiger partial charge in [0.15, 0.2) is 0 Å². The molecule has 0 saturated carbocycles. The van der Waals surface area contributed by atoms with Crippen molar-refractivity contribution in [1.29, 1.82) is 0 Å². The molecular formula is C15H21N5. The van der Waals surface area contributed by atoms with Gasteiger partial charge in [-0.2, -0.15) is 4.98 Å². The Morgan fingerprint density at radius 3 is 2.65 bits per heavy atom. The minimum absolute atomic E-state index is 0.681. The largest absolute Gasteiger partial charge is 0.366 e. The van der Waals surface area contributed by atoms with Gasteiger partial charge in [-0.1, -0.05) is 19.8 Å². The first kappa shape index (κ1) is 14.2. The average Bonchev–Trinajstić information content (AvgIpc) is 2.51. The summed E-state index contributed by atoms with van der Waals surface area (Å²) in [5, 5.41) is 6.53. The molecule has 2 aromatic rings. The van der Waals surface area contributed by atoms with Gasteiger partial charge in [0.25, 0.3) is 0 Å². The Balaban J connectivity index is 1.83. The summed E-state index contributed by atoms with van der Waals surface area (Å²) in [6.45, 7) is 3.84. The number of unbranched alkanes of at least 4 members (excludes halogenated alkanes) is 2. The first-order valence-electron chi connectivity index (χ1n) is 7.08. The van der Waals surface area contributed by atoms with Crippen molar-refractivity contribution in [2.24, 2.45) is 0 Å². The van der Waals surface area contributed by atoms with Crippen LogP contribution in [0.1, 0.15) is 31.7 Å². The summed E-state index contributed by atoms with van der Waals surface area (Å²) in [7, 11) is 0. The predicted molar refractivity (Wildman–Crippen MR) is 81.6 cm³/mol. The molecule has 20 heavy (non-hydrogen) atoms. The highest BCUT2D eigenvalue weighted by Crippen LogP contribution is 2.08. The second-order valence-electron chi connectivity index (χ2n) is 4.61. The van der Waals surface area contributed by atoms with E-state index in [0.29, 0.717) is 5.95 Å². The highest BCUT2D eigenvalue weighted by Gasteiger charge is 1.99. The van der Waals surface area contributed by atoms with Gasteiger partial charge in [0.1, 0.15) is 5.82 Å². The Kier molecular flexibility index (Phi) is 5.76. The molecule has 106 valence electrons. The smallest absolute Gasteiger partial charge is 0.224 e. The maximum absolute atomic E-state index is 4.44. The molecular weight excluding hydrogens is 250 g/mol. The quantitative estimate of drug-likeness (QED) is 0.722. The summed E-state index contributed by atoms with van der Waals surface area (Å²) in [6, 6.07) is 5.84. The molecule has 2 rings (SSSR count). The van der Waals surface area contributed by atoms with E-state index in [4.69, 9.17) is 0 Å². The van der Waals surface area contributed by atoms with Gasteiger partial charge in [-0.15, -0.1) is 0 Å². The summed E-state index contributed by atoms with van der Waals surface area (Å²) in [5.74, 6) is 1.51. The van der Waals surface area contributed by atoms with Gasteiger partial charge < -0.3 is 10.6 Å². The van der Waals surface area contributed by atoms with E-state index in [2.05, 4.69) is 32.5 Å². The van der Waals surface area contributed by atoms with Crippen molar-refractivity contribution >= 4 is 11.8 Å². The first-order chi connectivity index (χ1) is 9.88. The molecule has 5 nitrogen and oxygen atoms in total. The predicted octanol–water partition coefficient (Wildman–Crippen LogP) is 3.09. The van der Waals surface area contributed by atoms with Crippen LogP contribution in [0.2, 0.25) is 0 Å². The van der Waals surface area contributed by atoms with E-state index in [9.17, 15) is 0 Å². The van der Waals surface area contributed by atoms with Crippen LogP contribution in [0.3, 0.4) is 0 Å². The Morgan fingerprint density at radius 1 is 1.00 bits per heavy atom. The van der Waals surface area contributed by atoms with Crippen molar-refractivity contribution in [2.45, 2.75) is 32.7 Å². The minimum Gasteiger partial charge on any atom is -0.366 e. The molecule has 0 fully saturated rings. The molecule has 0 aliphatic heterocycles. The number of hydrogen-bond acceptors (Lipinski definition) is 5. The lowest BCUT2D eigenvalue weighted by Crippen LogP contribution is -2.07. The fraction of sp³-hybridized carbons (Fsp3) is 0.400. The molecule has 0 atom stereocenters. The Morgan fingerprint density at radius 2 is 1.85 bits per heavy atom. The highest BCUT2D eigenvalue weighted by molar-refractivity contribution is 5.40. The third-order valence-electron chi connectivity index (χ3n) is 2.94. The van der Waals surface area contributed by atoms with Crippen LogP contribution < -0.4 is 10.6 Å². The standard InChI is InChI=1S/C15H21N5/c1-2-3-4-8-17-15-18-11-7-14(20-15)19-12-13-5-9-16-10-6-13/h5-7,9-11H,2-4,8,12H2,1H3,(H2,17,18,19,20). The molecule has 0 bridgehead atoms. The second kappa shape index (κ2) is 8.09. The lowest BCUT2D eigenvalue weighted by Gasteiger charge is -2.08. The van der Waals surface area contributed by atoms with Crippen LogP contribution in [0, 0.1) is 0 Å². The van der Waals surface area contributed by atoms with E-state index in [-0.39, 0.29) is 0 Å². The third kappa shape index (κ3) is 4.84. The number of hydrogen-bond donors (Lipinski definition) is 2. The lowest BCUT2D eigenvalue weighted by molar-refractivity contribution is 0.740. The summed E-state index contributed by atoms with van der Waals surface area (Å²) >= 11 is 0. The van der Waals surface area contributed by atoms with Crippen molar-refractivity contribution in [2.75, 3.05) is 17.2 Å². The topological polar surface area (TPSA) is 62.7 Å². The van der Waals surface area contributed by atoms with E-state index < -0.39 is 0 Å². The van der Waals surface area contributed by atoms with Gasteiger partial charge in [-0.3, -0.25) is 4.98 Å². The van der Waals surface area contributed by atoms with E-state index >= 15 is 0 Å². The number of rotatable bonds is 8. The molecule has 2 heterocycles. The molecule has 2 aromatic heterocycles. The molecule has 5 heteroatoms. The first-order valence-corrected chi connectivity index (χ1v) is 7.08. The van der Waals surface area contributed by atoms with Crippen LogP contribution in [0.5, 0.6) is 0 Å². The maximum Gasteiger partial charge on any atom is 0.224 e. The highest BCUT2D eigenvalue weighted by atomic mass is 15.1. The normalized spacial score (nSPS) is 10.2. The molecule has 0 aromatic carbocycles. The van der Waals surface area contributed by atoms with Gasteiger partial charge in [0, 0.05) is 31.7 Å². The summed E-state index contributed by atoms with van der Waals surface area (Å²) in [4.78, 5) is 12.7. The van der Waals surface area contributed by atoms with Crippen molar-refractivity contribution in [3.63, 3.8) is 0 Å². The number of nitrogens with one attached hydrogen (secondary N) is 2. The number of nitrogens with zero attached hydrogens (tertiary/aromatic N) is 3. The lowest BCUT2D eigenvalue weighted by atomic mass is 10.2. The Hall–Kier alpha value is -2.17. The van der Waals surface area contributed by atoms with Crippen molar-refractivity contribution in [3.05, 3.63) is 42.4 Å². The van der Waals surface area contributed by atoms with E-state index in [1.54, 1.807) is 18.6 Å². The van der Waals surface area contributed by atoms with Crippen molar-refractivity contribution in [1.82, 2.24) is 15.0 Å². The summed E-state index contributed by atoms with van der Waals surface area (Å²) < 4.78 is 0. The number of anilines is 2. The van der Waals surface area contributed by atoms with Crippen LogP contribution in [0.4, 0.5) is 11.8 Å². The van der Waals surface area contributed by atoms with Gasteiger partial charge in [0.05, 0.1) is 0 Å². The van der Waals surface area contributed by atoms with E-state index in [1.807, 2.05) is 18.2 Å². The minimum atomic E-state index is 0.681. The molecule has 0 saturated heterocycles. The Labute approximate surface area is 119 Å². The van der Waals surface area contributed by atoms with Gasteiger partial charge >= 0.3 is 0 Å². The van der Waals surface area contributed by atoms with Crippen LogP contribution in [0.15, 0.2) is 36.8 Å². The average molecular weight is 271 g/mol. The zero-order chi connectivity index (χ0) is 14.0. The van der Waals surface area contributed by atoms with E-state index in [0.717, 1.165) is 25.3 Å². The molecule has 0 aliphatic carbocycles. The summed E-state index contributed by atoms with van der Waals surface area (Å²) in [5.41, 5.74) is 1.18. The maximum atomic E-state index is 4.44. The molecule has 0 spiro atoms. The number of pyridine rings is 1. The van der Waals surface area contributed by atoms with Gasteiger partial charge in [0.2, 0.25) is 5.95 Å². The molecule has 0 aliphatic rings. The fourth-order valence-corrected chi connectivity index (χ4v) is 1.81. The second-order valence-corrected chi connectivity index (χ2v) is 4.61. The van der Waals surface area contributed by atoms with Crippen LogP contribution in [-0.2, 0) is 6.54 Å². The molecule has 0 amide bonds. The monoisotopic (exact) mass is 271 g/mol. The van der Waals surface area contributed by atoms with Crippen LogP contribution >= 0.6 is 0 Å². The van der Waals surface area contributed by atoms with Gasteiger partial charge in [-0.25, -0.2) is 4.98 Å². The summed E-state index contributed by atoms with van der Waals surface area (Å²) in [6.07, 6.45) is 8.94. The Bertz CT molecular complexity index is 501. The third-order valence-corrected chi connectivity index (χ3v) is 2.94. The van der Waals surface area contributed by atoms with Crippen LogP contribution in [0.25, 0.3) is 0 Å². The van der Waals surface area contributed by atoms with Crippen molar-refractivity contribution < 1.29 is 0 Å². The van der Waals surface area contributed by atoms with Crippen molar-refractivity contribution in [3.8, 4) is 0 Å². The fourth-order valence-electron chi connectivity index (χ4n) is 1.81. The van der Waals surface area contributed by atoms with Crippen LogP contribution in [-0.4, -0.2) is 21.5 Å².